The predicted molar refractivity (Wildman–Crippen MR) is 96.3 cm³/mol. The Bertz CT molecular complexity index is 609. The van der Waals surface area contributed by atoms with Gasteiger partial charge in [-0.1, -0.05) is 13.8 Å². The molecule has 25 heavy (non-hydrogen) atoms. The summed E-state index contributed by atoms with van der Waals surface area (Å²) in [6.07, 6.45) is 2.97. The van der Waals surface area contributed by atoms with Crippen LogP contribution in [0.15, 0.2) is 6.07 Å². The van der Waals surface area contributed by atoms with Gasteiger partial charge in [-0.3, -0.25) is 15.4 Å². The topological polar surface area (TPSA) is 41.4 Å². The molecule has 0 bridgehead atoms. The number of likely N-dealkylation sites (tertiary alicyclic amines) is 1. The number of hydrogen-bond acceptors (Lipinski definition) is 3. The summed E-state index contributed by atoms with van der Waals surface area (Å²) in [5.74, 6) is 5.92. The molecule has 0 aromatic carbocycles. The maximum absolute atomic E-state index is 12.6. The number of piperidine rings is 1. The van der Waals surface area contributed by atoms with Gasteiger partial charge in [0.2, 0.25) is 5.91 Å². The van der Waals surface area contributed by atoms with Crippen LogP contribution in [0.1, 0.15) is 38.1 Å². The van der Waals surface area contributed by atoms with Crippen molar-refractivity contribution in [1.29, 1.82) is 0 Å². The van der Waals surface area contributed by atoms with E-state index in [1.54, 1.807) is 0 Å². The molecule has 0 saturated carbocycles. The van der Waals surface area contributed by atoms with Crippen molar-refractivity contribution in [3.05, 3.63) is 24.4 Å². The minimum absolute atomic E-state index is 0. The molecule has 0 spiro atoms. The van der Waals surface area contributed by atoms with E-state index in [1.165, 1.54) is 5.69 Å². The Morgan fingerprint density at radius 3 is 2.60 bits per heavy atom. The third-order valence-corrected chi connectivity index (χ3v) is 4.63. The van der Waals surface area contributed by atoms with Crippen LogP contribution in [0.2, 0.25) is 0 Å². The second-order valence-corrected chi connectivity index (χ2v) is 6.13. The molecule has 3 rings (SSSR count). The first kappa shape index (κ1) is 22.7. The fraction of sp³-hybridized carbons (Fsp3) is 0.632. The van der Waals surface area contributed by atoms with Gasteiger partial charge in [-0.25, -0.2) is 0 Å². The fourth-order valence-electron chi connectivity index (χ4n) is 3.46. The second kappa shape index (κ2) is 11.4. The normalized spacial score (nSPS) is 18.0. The number of aryl methyl sites for hydroxylation is 1. The molecular weight excluding hydrogens is 339 g/mol. The van der Waals surface area contributed by atoms with Crippen molar-refractivity contribution in [2.45, 2.75) is 52.6 Å². The molecule has 1 saturated heterocycles. The SMILES string of the molecule is CC.[CH2-]C#CCN1CCC(N2CCc3cc(C)nn3CC2=O)CC1.[K+]. The fourth-order valence-corrected chi connectivity index (χ4v) is 3.46. The predicted octanol–water partition coefficient (Wildman–Crippen LogP) is -1.09. The second-order valence-electron chi connectivity index (χ2n) is 6.13. The Balaban J connectivity index is 0.00000101. The summed E-state index contributed by atoms with van der Waals surface area (Å²) in [4.78, 5) is 17.0. The molecule has 1 aromatic heterocycles. The molecule has 2 aliphatic rings. The summed E-state index contributed by atoms with van der Waals surface area (Å²) in [6.45, 7) is 13.5. The summed E-state index contributed by atoms with van der Waals surface area (Å²) in [5, 5.41) is 4.43. The van der Waals surface area contributed by atoms with E-state index in [9.17, 15) is 4.79 Å². The van der Waals surface area contributed by atoms with Crippen LogP contribution in [0.25, 0.3) is 0 Å². The van der Waals surface area contributed by atoms with Gasteiger partial charge in [0, 0.05) is 24.7 Å². The van der Waals surface area contributed by atoms with E-state index in [0.717, 1.165) is 51.1 Å². The summed E-state index contributed by atoms with van der Waals surface area (Å²) in [7, 11) is 0. The quantitative estimate of drug-likeness (QED) is 0.378. The van der Waals surface area contributed by atoms with E-state index in [0.29, 0.717) is 12.6 Å². The molecule has 1 amide bonds. The Kier molecular flexibility index (Phi) is 10.4. The smallest absolute Gasteiger partial charge is 0.338 e. The average molecular weight is 369 g/mol. The average Bonchev–Trinajstić information content (AvgIpc) is 2.87. The van der Waals surface area contributed by atoms with Crippen LogP contribution < -0.4 is 51.4 Å². The van der Waals surface area contributed by atoms with Gasteiger partial charge in [0.1, 0.15) is 6.54 Å². The van der Waals surface area contributed by atoms with Crippen LogP contribution in [-0.2, 0) is 17.8 Å². The van der Waals surface area contributed by atoms with Gasteiger partial charge in [0.15, 0.2) is 0 Å². The molecule has 3 heterocycles. The molecule has 1 aromatic rings. The molecule has 1 fully saturated rings. The Morgan fingerprint density at radius 1 is 1.28 bits per heavy atom. The maximum Gasteiger partial charge on any atom is 1.00 e. The number of aromatic nitrogens is 2. The molecule has 132 valence electrons. The zero-order chi connectivity index (χ0) is 17.5. The van der Waals surface area contributed by atoms with Crippen molar-refractivity contribution in [2.75, 3.05) is 26.2 Å². The third-order valence-electron chi connectivity index (χ3n) is 4.63. The minimum Gasteiger partial charge on any atom is -0.338 e. The summed E-state index contributed by atoms with van der Waals surface area (Å²) < 4.78 is 1.87. The van der Waals surface area contributed by atoms with E-state index >= 15 is 0 Å². The van der Waals surface area contributed by atoms with Crippen molar-refractivity contribution in [3.8, 4) is 11.8 Å². The van der Waals surface area contributed by atoms with E-state index < -0.39 is 0 Å². The maximum atomic E-state index is 12.6. The molecule has 0 N–H and O–H groups in total. The van der Waals surface area contributed by atoms with E-state index in [2.05, 4.69) is 39.7 Å². The summed E-state index contributed by atoms with van der Waals surface area (Å²) in [5.41, 5.74) is 2.17. The first-order valence-corrected chi connectivity index (χ1v) is 8.97. The van der Waals surface area contributed by atoms with Gasteiger partial charge >= 0.3 is 51.4 Å². The number of amides is 1. The van der Waals surface area contributed by atoms with Crippen LogP contribution in [0.5, 0.6) is 0 Å². The first-order valence-electron chi connectivity index (χ1n) is 8.97. The van der Waals surface area contributed by atoms with E-state index in [4.69, 9.17) is 0 Å². The number of nitrogens with zero attached hydrogens (tertiary/aromatic N) is 4. The van der Waals surface area contributed by atoms with Gasteiger partial charge in [-0.05, 0) is 45.5 Å². The van der Waals surface area contributed by atoms with E-state index in [1.807, 2.05) is 25.5 Å². The van der Waals surface area contributed by atoms with Crippen molar-refractivity contribution < 1.29 is 56.2 Å². The summed E-state index contributed by atoms with van der Waals surface area (Å²) >= 11 is 0. The number of rotatable bonds is 2. The number of carbonyl (C=O) groups excluding carboxylic acids is 1. The van der Waals surface area contributed by atoms with E-state index in [-0.39, 0.29) is 57.3 Å². The monoisotopic (exact) mass is 368 g/mol. The van der Waals surface area contributed by atoms with Gasteiger partial charge < -0.3 is 15.7 Å². The molecular formula is C19H29KN4O. The van der Waals surface area contributed by atoms with Crippen molar-refractivity contribution in [3.63, 3.8) is 0 Å². The molecule has 6 heteroatoms. The molecule has 0 aliphatic carbocycles. The van der Waals surface area contributed by atoms with Gasteiger partial charge in [0.25, 0.3) is 0 Å². The Labute approximate surface area is 194 Å². The van der Waals surface area contributed by atoms with Crippen molar-refractivity contribution in [1.82, 2.24) is 19.6 Å². The van der Waals surface area contributed by atoms with Gasteiger partial charge in [-0.2, -0.15) is 12.0 Å². The third kappa shape index (κ3) is 6.12. The van der Waals surface area contributed by atoms with Crippen LogP contribution in [-0.4, -0.2) is 57.7 Å². The van der Waals surface area contributed by atoms with Crippen LogP contribution in [0.3, 0.4) is 0 Å². The van der Waals surface area contributed by atoms with Crippen molar-refractivity contribution in [2.24, 2.45) is 0 Å². The molecule has 2 aliphatic heterocycles. The van der Waals surface area contributed by atoms with Crippen LogP contribution in [0, 0.1) is 25.7 Å². The number of fused-ring (bicyclic) bond motifs is 1. The van der Waals surface area contributed by atoms with Crippen LogP contribution in [0.4, 0.5) is 0 Å². The summed E-state index contributed by atoms with van der Waals surface area (Å²) in [6, 6.07) is 2.46. The largest absolute Gasteiger partial charge is 1.00 e. The van der Waals surface area contributed by atoms with Gasteiger partial charge in [0.05, 0.1) is 5.69 Å². The van der Waals surface area contributed by atoms with Gasteiger partial charge in [-0.15, -0.1) is 0 Å². The molecule has 0 atom stereocenters. The zero-order valence-corrected chi connectivity index (χ0v) is 19.3. The molecule has 0 unspecified atom stereocenters. The Morgan fingerprint density at radius 2 is 1.96 bits per heavy atom. The zero-order valence-electron chi connectivity index (χ0n) is 16.2. The standard InChI is InChI=1S/C17H23N4O.C2H6.K/c1-3-4-8-19-9-5-15(6-10-19)20-11-7-16-12-14(2)18-21(16)13-17(20)22;1-2;/h12,15H,1,5-11,13H2,2H3;1-2H3;/q-1;;+1. The Hall–Kier alpha value is -0.294. The van der Waals surface area contributed by atoms with Crippen LogP contribution >= 0.6 is 0 Å². The molecule has 5 nitrogen and oxygen atoms in total. The number of carbonyl (C=O) groups is 1. The first-order chi connectivity index (χ1) is 11.7. The number of hydrogen-bond donors (Lipinski definition) is 0. The minimum atomic E-state index is 0. The van der Waals surface area contributed by atoms with Crippen molar-refractivity contribution >= 4 is 5.91 Å². The molecule has 0 radical (unpaired) electrons.